The molecular weight excluding hydrogens is 364 g/mol. The van der Waals surface area contributed by atoms with E-state index in [0.717, 1.165) is 12.8 Å². The molecule has 1 amide bonds. The molecule has 1 aliphatic heterocycles. The lowest BCUT2D eigenvalue weighted by atomic mass is 10.1. The Morgan fingerprint density at radius 1 is 1.20 bits per heavy atom. The van der Waals surface area contributed by atoms with E-state index in [-0.39, 0.29) is 17.3 Å². The molecule has 1 unspecified atom stereocenters. The van der Waals surface area contributed by atoms with Crippen molar-refractivity contribution in [3.8, 4) is 0 Å². The van der Waals surface area contributed by atoms with Crippen LogP contribution >= 0.6 is 11.6 Å². The molecule has 25 heavy (non-hydrogen) atoms. The second-order valence-corrected chi connectivity index (χ2v) is 8.27. The molecule has 0 bridgehead atoms. The van der Waals surface area contributed by atoms with Crippen molar-refractivity contribution >= 4 is 27.5 Å². The van der Waals surface area contributed by atoms with Gasteiger partial charge < -0.3 is 9.73 Å². The topological polar surface area (TPSA) is 79.6 Å². The van der Waals surface area contributed by atoms with Gasteiger partial charge in [-0.2, -0.15) is 4.31 Å². The maximum Gasteiger partial charge on any atom is 0.244 e. The molecule has 3 rings (SSSR count). The molecule has 1 N–H and O–H groups in total. The molecule has 134 valence electrons. The number of halogens is 1. The molecule has 1 aliphatic rings. The van der Waals surface area contributed by atoms with Crippen molar-refractivity contribution in [1.82, 2.24) is 9.62 Å². The van der Waals surface area contributed by atoms with Crippen LogP contribution in [-0.4, -0.2) is 31.2 Å². The zero-order valence-electron chi connectivity index (χ0n) is 13.5. The van der Waals surface area contributed by atoms with Gasteiger partial charge in [-0.05, 0) is 49.6 Å². The zero-order chi connectivity index (χ0) is 17.9. The summed E-state index contributed by atoms with van der Waals surface area (Å²) in [7, 11) is -3.87. The monoisotopic (exact) mass is 382 g/mol. The first-order valence-electron chi connectivity index (χ1n) is 8.05. The van der Waals surface area contributed by atoms with Crippen molar-refractivity contribution < 1.29 is 17.6 Å². The first kappa shape index (κ1) is 18.0. The minimum Gasteiger partial charge on any atom is -0.472 e. The zero-order valence-corrected chi connectivity index (χ0v) is 15.1. The molecule has 0 saturated carbocycles. The largest absolute Gasteiger partial charge is 0.472 e. The van der Waals surface area contributed by atoms with Crippen LogP contribution in [0.2, 0.25) is 5.02 Å². The molecule has 6 nitrogen and oxygen atoms in total. The van der Waals surface area contributed by atoms with Crippen LogP contribution in [-0.2, 0) is 21.4 Å². The molecule has 2 aromatic rings. The standard InChI is InChI=1S/C17H19ClN2O4S/c18-14-4-6-15(7-5-14)25(22,23)20(11-13-8-10-24-12-13)16-3-1-2-9-19-17(16)21/h4-8,10,12,16H,1-3,9,11H2,(H,19,21). The van der Waals surface area contributed by atoms with Gasteiger partial charge >= 0.3 is 0 Å². The van der Waals surface area contributed by atoms with Gasteiger partial charge in [0.15, 0.2) is 0 Å². The van der Waals surface area contributed by atoms with Gasteiger partial charge in [0.05, 0.1) is 17.4 Å². The summed E-state index contributed by atoms with van der Waals surface area (Å²) < 4.78 is 32.7. The number of furan rings is 1. The smallest absolute Gasteiger partial charge is 0.244 e. The van der Waals surface area contributed by atoms with Gasteiger partial charge in [0, 0.05) is 23.7 Å². The van der Waals surface area contributed by atoms with Crippen LogP contribution in [0, 0.1) is 0 Å². The Labute approximate surface area is 151 Å². The molecule has 0 spiro atoms. The van der Waals surface area contributed by atoms with Crippen LogP contribution in [0.25, 0.3) is 0 Å². The summed E-state index contributed by atoms with van der Waals surface area (Å²) >= 11 is 5.86. The number of hydrogen-bond acceptors (Lipinski definition) is 4. The molecule has 1 aromatic carbocycles. The van der Waals surface area contributed by atoms with Crippen LogP contribution in [0.3, 0.4) is 0 Å². The van der Waals surface area contributed by atoms with Crippen molar-refractivity contribution in [2.24, 2.45) is 0 Å². The maximum atomic E-state index is 13.2. The second kappa shape index (κ2) is 7.59. The minimum absolute atomic E-state index is 0.0690. The fourth-order valence-corrected chi connectivity index (χ4v) is 4.60. The van der Waals surface area contributed by atoms with Crippen molar-refractivity contribution in [1.29, 1.82) is 0 Å². The molecule has 1 aromatic heterocycles. The molecule has 1 atom stereocenters. The molecular formula is C17H19ClN2O4S. The fourth-order valence-electron chi connectivity index (χ4n) is 2.87. The first-order valence-corrected chi connectivity index (χ1v) is 9.86. The van der Waals surface area contributed by atoms with Gasteiger partial charge in [-0.3, -0.25) is 4.79 Å². The summed E-state index contributed by atoms with van der Waals surface area (Å²) in [5.74, 6) is -0.265. The number of nitrogens with zero attached hydrogens (tertiary/aromatic N) is 1. The number of hydrogen-bond donors (Lipinski definition) is 1. The number of amides is 1. The van der Waals surface area contributed by atoms with Crippen LogP contribution in [0.1, 0.15) is 24.8 Å². The summed E-state index contributed by atoms with van der Waals surface area (Å²) in [4.78, 5) is 12.6. The lowest BCUT2D eigenvalue weighted by Gasteiger charge is -2.28. The SMILES string of the molecule is O=C1NCCCCC1N(Cc1ccoc1)S(=O)(=O)c1ccc(Cl)cc1. The number of carbonyl (C=O) groups excluding carboxylic acids is 1. The van der Waals surface area contributed by atoms with E-state index in [1.54, 1.807) is 6.07 Å². The van der Waals surface area contributed by atoms with Crippen LogP contribution < -0.4 is 5.32 Å². The summed E-state index contributed by atoms with van der Waals surface area (Å²) in [6.07, 6.45) is 5.06. The average Bonchev–Trinajstić information content (AvgIpc) is 3.01. The Bertz CT molecular complexity index is 819. The second-order valence-electron chi connectivity index (χ2n) is 5.94. The Balaban J connectivity index is 2.00. The third-order valence-corrected chi connectivity index (χ3v) is 6.31. The fraction of sp³-hybridized carbons (Fsp3) is 0.353. The highest BCUT2D eigenvalue weighted by Gasteiger charge is 2.36. The quantitative estimate of drug-likeness (QED) is 0.862. The van der Waals surface area contributed by atoms with Crippen molar-refractivity contribution in [2.75, 3.05) is 6.54 Å². The van der Waals surface area contributed by atoms with Gasteiger partial charge in [-0.25, -0.2) is 8.42 Å². The van der Waals surface area contributed by atoms with E-state index < -0.39 is 16.1 Å². The number of sulfonamides is 1. The van der Waals surface area contributed by atoms with Crippen molar-refractivity contribution in [2.45, 2.75) is 36.7 Å². The summed E-state index contributed by atoms with van der Waals surface area (Å²) in [6.45, 7) is 0.634. The Kier molecular flexibility index (Phi) is 5.46. The molecule has 1 fully saturated rings. The highest BCUT2D eigenvalue weighted by molar-refractivity contribution is 7.89. The number of rotatable bonds is 5. The minimum atomic E-state index is -3.87. The summed E-state index contributed by atoms with van der Waals surface area (Å²) in [5.41, 5.74) is 0.689. The molecule has 8 heteroatoms. The molecule has 1 saturated heterocycles. The van der Waals surface area contributed by atoms with Gasteiger partial charge in [-0.15, -0.1) is 0 Å². The third kappa shape index (κ3) is 4.05. The molecule has 2 heterocycles. The third-order valence-electron chi connectivity index (χ3n) is 4.19. The highest BCUT2D eigenvalue weighted by atomic mass is 35.5. The van der Waals surface area contributed by atoms with Gasteiger partial charge in [0.1, 0.15) is 6.04 Å². The van der Waals surface area contributed by atoms with E-state index in [2.05, 4.69) is 5.32 Å². The van der Waals surface area contributed by atoms with Gasteiger partial charge in [0.25, 0.3) is 0 Å². The van der Waals surface area contributed by atoms with Gasteiger partial charge in [0.2, 0.25) is 15.9 Å². The maximum absolute atomic E-state index is 13.2. The van der Waals surface area contributed by atoms with E-state index in [0.29, 0.717) is 23.6 Å². The summed E-state index contributed by atoms with van der Waals surface area (Å²) in [6, 6.07) is 6.90. The van der Waals surface area contributed by atoms with E-state index in [1.165, 1.54) is 41.1 Å². The normalized spacial score (nSPS) is 18.8. The number of carbonyl (C=O) groups is 1. The predicted molar refractivity (Wildman–Crippen MR) is 93.5 cm³/mol. The Morgan fingerprint density at radius 2 is 1.96 bits per heavy atom. The highest BCUT2D eigenvalue weighted by Crippen LogP contribution is 2.26. The molecule has 0 radical (unpaired) electrons. The van der Waals surface area contributed by atoms with E-state index in [4.69, 9.17) is 16.0 Å². The predicted octanol–water partition coefficient (Wildman–Crippen LogP) is 2.79. The number of nitrogens with one attached hydrogen (secondary N) is 1. The lowest BCUT2D eigenvalue weighted by Crippen LogP contribution is -2.48. The van der Waals surface area contributed by atoms with Gasteiger partial charge in [-0.1, -0.05) is 11.6 Å². The Hall–Kier alpha value is -1.83. The van der Waals surface area contributed by atoms with E-state index >= 15 is 0 Å². The van der Waals surface area contributed by atoms with Crippen molar-refractivity contribution in [3.05, 3.63) is 53.4 Å². The van der Waals surface area contributed by atoms with E-state index in [9.17, 15) is 13.2 Å². The van der Waals surface area contributed by atoms with Crippen LogP contribution in [0.15, 0.2) is 52.2 Å². The Morgan fingerprint density at radius 3 is 2.64 bits per heavy atom. The molecule has 0 aliphatic carbocycles. The number of benzene rings is 1. The first-order chi connectivity index (χ1) is 12.0. The lowest BCUT2D eigenvalue weighted by molar-refractivity contribution is -0.124. The average molecular weight is 383 g/mol. The summed E-state index contributed by atoms with van der Waals surface area (Å²) in [5, 5.41) is 3.25. The van der Waals surface area contributed by atoms with E-state index in [1.807, 2.05) is 0 Å². The van der Waals surface area contributed by atoms with Crippen molar-refractivity contribution in [3.63, 3.8) is 0 Å². The van der Waals surface area contributed by atoms with Crippen LogP contribution in [0.4, 0.5) is 0 Å². The van der Waals surface area contributed by atoms with Crippen LogP contribution in [0.5, 0.6) is 0 Å².